The van der Waals surface area contributed by atoms with Gasteiger partial charge in [-0.1, -0.05) is 6.92 Å². The summed E-state index contributed by atoms with van der Waals surface area (Å²) in [5.74, 6) is -0.812. The lowest BCUT2D eigenvalue weighted by molar-refractivity contribution is -0.101. The van der Waals surface area contributed by atoms with Gasteiger partial charge in [0, 0.05) is 6.04 Å². The van der Waals surface area contributed by atoms with Crippen LogP contribution < -0.4 is 5.32 Å². The summed E-state index contributed by atoms with van der Waals surface area (Å²) < 4.78 is 37.9. The van der Waals surface area contributed by atoms with Crippen LogP contribution in [0, 0.1) is 11.6 Å². The number of nitrogens with one attached hydrogen (secondary N) is 1. The zero-order chi connectivity index (χ0) is 13.7. The second-order valence-corrected chi connectivity index (χ2v) is 4.59. The number of ether oxygens (including phenoxy) is 2. The molecule has 1 fully saturated rings. The lowest BCUT2D eigenvalue weighted by Crippen LogP contribution is -2.48. The van der Waals surface area contributed by atoms with Gasteiger partial charge in [-0.05, 0) is 36.7 Å². The van der Waals surface area contributed by atoms with E-state index >= 15 is 0 Å². The van der Waals surface area contributed by atoms with Gasteiger partial charge in [0.05, 0.1) is 25.9 Å². The van der Waals surface area contributed by atoms with E-state index in [4.69, 9.17) is 9.47 Å². The Hall–Kier alpha value is -1.04. The highest BCUT2D eigenvalue weighted by Crippen LogP contribution is 2.16. The van der Waals surface area contributed by atoms with Crippen LogP contribution in [0.15, 0.2) is 18.2 Å². The first-order valence-corrected chi connectivity index (χ1v) is 6.57. The first-order valence-electron chi connectivity index (χ1n) is 6.57. The predicted molar refractivity (Wildman–Crippen MR) is 68.1 cm³/mol. The summed E-state index contributed by atoms with van der Waals surface area (Å²) in [5, 5.41) is 3.25. The molecule has 2 unspecified atom stereocenters. The van der Waals surface area contributed by atoms with E-state index < -0.39 is 5.82 Å². The number of likely N-dealkylation sites (N-methyl/N-ethyl adjacent to an activating group) is 1. The zero-order valence-corrected chi connectivity index (χ0v) is 11.0. The molecule has 19 heavy (non-hydrogen) atoms. The van der Waals surface area contributed by atoms with Crippen LogP contribution in [0.4, 0.5) is 8.78 Å². The van der Waals surface area contributed by atoms with Gasteiger partial charge >= 0.3 is 0 Å². The Morgan fingerprint density at radius 1 is 1.37 bits per heavy atom. The summed E-state index contributed by atoms with van der Waals surface area (Å²) in [5.41, 5.74) is 0.361. The van der Waals surface area contributed by atoms with E-state index in [-0.39, 0.29) is 18.0 Å². The van der Waals surface area contributed by atoms with Crippen molar-refractivity contribution < 1.29 is 18.3 Å². The lowest BCUT2D eigenvalue weighted by atomic mass is 10.0. The molecule has 0 bridgehead atoms. The van der Waals surface area contributed by atoms with Crippen molar-refractivity contribution >= 4 is 0 Å². The Morgan fingerprint density at radius 3 is 2.89 bits per heavy atom. The van der Waals surface area contributed by atoms with Crippen LogP contribution in [0.25, 0.3) is 0 Å². The van der Waals surface area contributed by atoms with Gasteiger partial charge in [-0.2, -0.15) is 0 Å². The first-order chi connectivity index (χ1) is 9.20. The zero-order valence-electron chi connectivity index (χ0n) is 11.0. The molecule has 3 nitrogen and oxygen atoms in total. The molecule has 2 rings (SSSR count). The molecule has 1 aromatic carbocycles. The van der Waals surface area contributed by atoms with Gasteiger partial charge in [0.2, 0.25) is 0 Å². The second-order valence-electron chi connectivity index (χ2n) is 4.59. The third-order valence-corrected chi connectivity index (χ3v) is 3.20. The smallest absolute Gasteiger partial charge is 0.126 e. The van der Waals surface area contributed by atoms with Crippen LogP contribution in [0.3, 0.4) is 0 Å². The molecule has 1 aliphatic rings. The standard InChI is InChI=1S/C14H19F2NO2/c1-2-17-13(14-9-18-5-6-19-14)8-10-7-11(15)3-4-12(10)16/h3-4,7,13-14,17H,2,5-6,8-9H2,1H3. The number of benzene rings is 1. The largest absolute Gasteiger partial charge is 0.376 e. The van der Waals surface area contributed by atoms with E-state index in [2.05, 4.69) is 5.32 Å². The van der Waals surface area contributed by atoms with Gasteiger partial charge in [0.1, 0.15) is 11.6 Å². The Balaban J connectivity index is 2.08. The fraction of sp³-hybridized carbons (Fsp3) is 0.571. The van der Waals surface area contributed by atoms with Crippen molar-refractivity contribution in [3.63, 3.8) is 0 Å². The maximum Gasteiger partial charge on any atom is 0.126 e. The van der Waals surface area contributed by atoms with Gasteiger partial charge in [-0.25, -0.2) is 8.78 Å². The Kier molecular flexibility index (Phi) is 5.24. The molecule has 0 aliphatic carbocycles. The highest BCUT2D eigenvalue weighted by molar-refractivity contribution is 5.20. The average molecular weight is 271 g/mol. The number of halogens is 2. The Labute approximate surface area is 111 Å². The summed E-state index contributed by atoms with van der Waals surface area (Å²) in [6.07, 6.45) is 0.252. The number of hydrogen-bond acceptors (Lipinski definition) is 3. The number of hydrogen-bond donors (Lipinski definition) is 1. The van der Waals surface area contributed by atoms with Crippen molar-refractivity contribution in [2.24, 2.45) is 0 Å². The molecule has 0 saturated carbocycles. The molecule has 1 heterocycles. The molecule has 0 spiro atoms. The molecule has 106 valence electrons. The van der Waals surface area contributed by atoms with Crippen molar-refractivity contribution in [2.75, 3.05) is 26.4 Å². The molecular weight excluding hydrogens is 252 g/mol. The van der Waals surface area contributed by atoms with Crippen LogP contribution in [0.1, 0.15) is 12.5 Å². The van der Waals surface area contributed by atoms with E-state index in [9.17, 15) is 8.78 Å². The SMILES string of the molecule is CCNC(Cc1cc(F)ccc1F)C1COCCO1. The van der Waals surface area contributed by atoms with Gasteiger partial charge in [0.15, 0.2) is 0 Å². The van der Waals surface area contributed by atoms with Crippen molar-refractivity contribution in [2.45, 2.75) is 25.5 Å². The summed E-state index contributed by atoms with van der Waals surface area (Å²) in [7, 11) is 0. The molecule has 1 N–H and O–H groups in total. The molecular formula is C14H19F2NO2. The normalized spacial score (nSPS) is 21.3. The van der Waals surface area contributed by atoms with Crippen molar-refractivity contribution in [3.8, 4) is 0 Å². The monoisotopic (exact) mass is 271 g/mol. The van der Waals surface area contributed by atoms with E-state index in [0.717, 1.165) is 18.7 Å². The molecule has 0 radical (unpaired) electrons. The fourth-order valence-corrected chi connectivity index (χ4v) is 2.27. The molecule has 2 atom stereocenters. The topological polar surface area (TPSA) is 30.5 Å². The van der Waals surface area contributed by atoms with Crippen molar-refractivity contribution in [3.05, 3.63) is 35.4 Å². The lowest BCUT2D eigenvalue weighted by Gasteiger charge is -2.31. The van der Waals surface area contributed by atoms with Crippen molar-refractivity contribution in [1.29, 1.82) is 0 Å². The molecule has 0 amide bonds. The van der Waals surface area contributed by atoms with Crippen LogP contribution in [-0.2, 0) is 15.9 Å². The number of rotatable bonds is 5. The van der Waals surface area contributed by atoms with Crippen LogP contribution in [-0.4, -0.2) is 38.5 Å². The van der Waals surface area contributed by atoms with E-state index in [1.807, 2.05) is 6.92 Å². The van der Waals surface area contributed by atoms with Crippen LogP contribution in [0.2, 0.25) is 0 Å². The Morgan fingerprint density at radius 2 is 2.21 bits per heavy atom. The van der Waals surface area contributed by atoms with E-state index in [1.165, 1.54) is 6.07 Å². The predicted octanol–water partition coefficient (Wildman–Crippen LogP) is 1.90. The summed E-state index contributed by atoms with van der Waals surface area (Å²) in [6.45, 7) is 4.32. The summed E-state index contributed by atoms with van der Waals surface area (Å²) in [6, 6.07) is 3.44. The van der Waals surface area contributed by atoms with Crippen LogP contribution >= 0.6 is 0 Å². The summed E-state index contributed by atoms with van der Waals surface area (Å²) >= 11 is 0. The first kappa shape index (κ1) is 14.4. The minimum absolute atomic E-state index is 0.0819. The highest BCUT2D eigenvalue weighted by atomic mass is 19.1. The molecule has 0 aromatic heterocycles. The maximum atomic E-state index is 13.7. The van der Waals surface area contributed by atoms with Gasteiger partial charge in [-0.15, -0.1) is 0 Å². The quantitative estimate of drug-likeness (QED) is 0.887. The van der Waals surface area contributed by atoms with Gasteiger partial charge in [-0.3, -0.25) is 0 Å². The maximum absolute atomic E-state index is 13.7. The average Bonchev–Trinajstić information content (AvgIpc) is 2.43. The molecule has 1 aliphatic heterocycles. The van der Waals surface area contributed by atoms with Gasteiger partial charge < -0.3 is 14.8 Å². The molecule has 5 heteroatoms. The fourth-order valence-electron chi connectivity index (χ4n) is 2.27. The molecule has 1 aromatic rings. The molecule has 1 saturated heterocycles. The third-order valence-electron chi connectivity index (χ3n) is 3.20. The van der Waals surface area contributed by atoms with Gasteiger partial charge in [0.25, 0.3) is 0 Å². The van der Waals surface area contributed by atoms with Crippen molar-refractivity contribution in [1.82, 2.24) is 5.32 Å². The highest BCUT2D eigenvalue weighted by Gasteiger charge is 2.25. The summed E-state index contributed by atoms with van der Waals surface area (Å²) in [4.78, 5) is 0. The van der Waals surface area contributed by atoms with E-state index in [0.29, 0.717) is 31.8 Å². The van der Waals surface area contributed by atoms with Crippen LogP contribution in [0.5, 0.6) is 0 Å². The Bertz CT molecular complexity index is 408. The second kappa shape index (κ2) is 6.93. The minimum atomic E-state index is -0.424. The van der Waals surface area contributed by atoms with E-state index in [1.54, 1.807) is 0 Å². The minimum Gasteiger partial charge on any atom is -0.376 e. The third kappa shape index (κ3) is 3.96.